The minimum atomic E-state index is -0.107. The van der Waals surface area contributed by atoms with Crippen LogP contribution >= 0.6 is 0 Å². The Morgan fingerprint density at radius 2 is 2.04 bits per heavy atom. The predicted octanol–water partition coefficient (Wildman–Crippen LogP) is 5.25. The van der Waals surface area contributed by atoms with E-state index in [1.807, 2.05) is 6.20 Å². The van der Waals surface area contributed by atoms with E-state index in [0.29, 0.717) is 11.3 Å². The molecule has 1 aromatic rings. The average Bonchev–Trinajstić information content (AvgIpc) is 3.10. The van der Waals surface area contributed by atoms with E-state index in [0.717, 1.165) is 36.5 Å². The van der Waals surface area contributed by atoms with Gasteiger partial charge in [-0.3, -0.25) is 4.98 Å². The van der Waals surface area contributed by atoms with Gasteiger partial charge in [0, 0.05) is 12.4 Å². The quantitative estimate of drug-likeness (QED) is 0.702. The highest BCUT2D eigenvalue weighted by Crippen LogP contribution is 2.63. The molecule has 1 unspecified atom stereocenters. The van der Waals surface area contributed by atoms with Crippen molar-refractivity contribution >= 4 is 5.57 Å². The van der Waals surface area contributed by atoms with E-state index in [1.54, 1.807) is 11.1 Å². The zero-order valence-electron chi connectivity index (χ0n) is 16.1. The predicted molar refractivity (Wildman–Crippen MR) is 105 cm³/mol. The molecule has 0 aromatic carbocycles. The summed E-state index contributed by atoms with van der Waals surface area (Å²) < 4.78 is 0. The van der Waals surface area contributed by atoms with Gasteiger partial charge in [-0.25, -0.2) is 0 Å². The molecule has 0 saturated heterocycles. The van der Waals surface area contributed by atoms with Crippen LogP contribution in [0.1, 0.15) is 57.9 Å². The lowest BCUT2D eigenvalue weighted by Gasteiger charge is -2.56. The first kappa shape index (κ1) is 16.7. The van der Waals surface area contributed by atoms with E-state index >= 15 is 0 Å². The van der Waals surface area contributed by atoms with Crippen molar-refractivity contribution in [3.63, 3.8) is 0 Å². The lowest BCUT2D eigenvalue weighted by atomic mass is 9.48. The average molecular weight is 350 g/mol. The van der Waals surface area contributed by atoms with Crippen molar-refractivity contribution in [2.45, 2.75) is 58.5 Å². The molecule has 2 saturated carbocycles. The van der Waals surface area contributed by atoms with Crippen LogP contribution in [-0.2, 0) is 0 Å². The third-order valence-corrected chi connectivity index (χ3v) is 8.37. The largest absolute Gasteiger partial charge is 0.393 e. The van der Waals surface area contributed by atoms with E-state index in [9.17, 15) is 5.11 Å². The van der Waals surface area contributed by atoms with Gasteiger partial charge in [0.1, 0.15) is 0 Å². The second kappa shape index (κ2) is 6.05. The van der Waals surface area contributed by atoms with Crippen LogP contribution in [0.2, 0.25) is 0 Å². The first-order valence-electron chi connectivity index (χ1n) is 10.6. The third kappa shape index (κ3) is 2.37. The SMILES string of the molecule is C[C@@H]1C[C@H]2[C@@H](CC=C3C[C@@H](O)CC[C@@]32C)[C@@H]2CC=C(c3cccnc3)C12. The molecule has 2 nitrogen and oxygen atoms in total. The highest BCUT2D eigenvalue weighted by Gasteiger charge is 2.54. The number of aliphatic hydroxyl groups is 1. The molecule has 4 aliphatic rings. The second-order valence-corrected chi connectivity index (χ2v) is 9.59. The summed E-state index contributed by atoms with van der Waals surface area (Å²) in [6, 6.07) is 4.31. The molecule has 0 radical (unpaired) electrons. The first-order chi connectivity index (χ1) is 12.6. The van der Waals surface area contributed by atoms with E-state index in [2.05, 4.69) is 49.3 Å². The number of nitrogens with zero attached hydrogens (tertiary/aromatic N) is 1. The maximum atomic E-state index is 10.2. The lowest BCUT2D eigenvalue weighted by molar-refractivity contribution is -0.0196. The van der Waals surface area contributed by atoms with Gasteiger partial charge in [-0.15, -0.1) is 0 Å². The summed E-state index contributed by atoms with van der Waals surface area (Å²) in [5.41, 5.74) is 4.80. The molecule has 4 aliphatic carbocycles. The van der Waals surface area contributed by atoms with Gasteiger partial charge in [-0.1, -0.05) is 37.6 Å². The van der Waals surface area contributed by atoms with Crippen LogP contribution in [0, 0.1) is 35.0 Å². The van der Waals surface area contributed by atoms with Gasteiger partial charge in [0.2, 0.25) is 0 Å². The number of allylic oxidation sites excluding steroid dienone is 3. The zero-order chi connectivity index (χ0) is 17.9. The number of pyridine rings is 1. The van der Waals surface area contributed by atoms with Gasteiger partial charge in [0.25, 0.3) is 0 Å². The second-order valence-electron chi connectivity index (χ2n) is 9.59. The molecule has 0 bridgehead atoms. The summed E-state index contributed by atoms with van der Waals surface area (Å²) in [5.74, 6) is 3.84. The Labute approximate surface area is 157 Å². The van der Waals surface area contributed by atoms with Gasteiger partial charge in [0.15, 0.2) is 0 Å². The van der Waals surface area contributed by atoms with Crippen molar-refractivity contribution in [2.24, 2.45) is 35.0 Å². The molecule has 0 amide bonds. The Kier molecular flexibility index (Phi) is 3.90. The van der Waals surface area contributed by atoms with Crippen LogP contribution in [0.15, 0.2) is 42.3 Å². The van der Waals surface area contributed by atoms with Gasteiger partial charge in [-0.2, -0.15) is 0 Å². The van der Waals surface area contributed by atoms with Gasteiger partial charge < -0.3 is 5.11 Å². The van der Waals surface area contributed by atoms with Crippen molar-refractivity contribution in [1.29, 1.82) is 0 Å². The first-order valence-corrected chi connectivity index (χ1v) is 10.6. The van der Waals surface area contributed by atoms with E-state index in [-0.39, 0.29) is 6.10 Å². The number of aromatic nitrogens is 1. The van der Waals surface area contributed by atoms with E-state index < -0.39 is 0 Å². The summed E-state index contributed by atoms with van der Waals surface area (Å²) in [6.45, 7) is 5.00. The Hall–Kier alpha value is -1.41. The molecule has 0 spiro atoms. The smallest absolute Gasteiger partial charge is 0.0577 e. The molecular weight excluding hydrogens is 318 g/mol. The summed E-state index contributed by atoms with van der Waals surface area (Å²) in [4.78, 5) is 4.37. The minimum Gasteiger partial charge on any atom is -0.393 e. The molecule has 2 fully saturated rings. The fourth-order valence-electron chi connectivity index (χ4n) is 7.12. The van der Waals surface area contributed by atoms with Crippen LogP contribution in [0.25, 0.3) is 5.57 Å². The van der Waals surface area contributed by atoms with Crippen molar-refractivity contribution in [1.82, 2.24) is 4.98 Å². The molecule has 2 heteroatoms. The Morgan fingerprint density at radius 1 is 1.19 bits per heavy atom. The van der Waals surface area contributed by atoms with Crippen LogP contribution in [0.5, 0.6) is 0 Å². The fourth-order valence-corrected chi connectivity index (χ4v) is 7.12. The highest BCUT2D eigenvalue weighted by molar-refractivity contribution is 5.69. The van der Waals surface area contributed by atoms with Crippen molar-refractivity contribution in [3.8, 4) is 0 Å². The summed E-state index contributed by atoms with van der Waals surface area (Å²) in [5, 5.41) is 10.2. The fraction of sp³-hybridized carbons (Fsp3) is 0.625. The van der Waals surface area contributed by atoms with Crippen LogP contribution in [0.4, 0.5) is 0 Å². The summed E-state index contributed by atoms with van der Waals surface area (Å²) in [6.07, 6.45) is 15.8. The number of rotatable bonds is 1. The minimum absolute atomic E-state index is 0.107. The molecular formula is C24H31NO. The number of aliphatic hydroxyl groups excluding tert-OH is 1. The number of hydrogen-bond acceptors (Lipinski definition) is 2. The Morgan fingerprint density at radius 3 is 2.85 bits per heavy atom. The van der Waals surface area contributed by atoms with Crippen molar-refractivity contribution < 1.29 is 5.11 Å². The van der Waals surface area contributed by atoms with Crippen LogP contribution < -0.4 is 0 Å². The highest BCUT2D eigenvalue weighted by atomic mass is 16.3. The number of fused-ring (bicyclic) bond motifs is 5. The molecule has 1 N–H and O–H groups in total. The Balaban J connectivity index is 1.47. The van der Waals surface area contributed by atoms with Crippen LogP contribution in [-0.4, -0.2) is 16.2 Å². The molecule has 5 rings (SSSR count). The monoisotopic (exact) mass is 349 g/mol. The van der Waals surface area contributed by atoms with Gasteiger partial charge in [0.05, 0.1) is 6.10 Å². The molecule has 138 valence electrons. The topological polar surface area (TPSA) is 33.1 Å². The van der Waals surface area contributed by atoms with Crippen molar-refractivity contribution in [3.05, 3.63) is 47.8 Å². The van der Waals surface area contributed by atoms with E-state index in [1.165, 1.54) is 31.2 Å². The lowest BCUT2D eigenvalue weighted by Crippen LogP contribution is -2.49. The zero-order valence-corrected chi connectivity index (χ0v) is 16.1. The summed E-state index contributed by atoms with van der Waals surface area (Å²) in [7, 11) is 0. The van der Waals surface area contributed by atoms with Gasteiger partial charge in [-0.05, 0) is 90.7 Å². The molecule has 7 atom stereocenters. The Bertz CT molecular complexity index is 751. The maximum Gasteiger partial charge on any atom is 0.0577 e. The molecule has 1 aromatic heterocycles. The summed E-state index contributed by atoms with van der Waals surface area (Å²) >= 11 is 0. The normalized spacial score (nSPS) is 44.4. The van der Waals surface area contributed by atoms with E-state index in [4.69, 9.17) is 0 Å². The van der Waals surface area contributed by atoms with Crippen molar-refractivity contribution in [2.75, 3.05) is 0 Å². The molecule has 0 aliphatic heterocycles. The maximum absolute atomic E-state index is 10.2. The number of hydrogen-bond donors (Lipinski definition) is 1. The van der Waals surface area contributed by atoms with Gasteiger partial charge >= 0.3 is 0 Å². The molecule has 1 heterocycles. The van der Waals surface area contributed by atoms with Crippen LogP contribution in [0.3, 0.4) is 0 Å². The molecule has 26 heavy (non-hydrogen) atoms. The third-order valence-electron chi connectivity index (χ3n) is 8.37. The standard InChI is InChI=1S/C24H31NO/c1-15-12-22-20(6-5-17-13-18(26)9-10-24(17,22)2)21-8-7-19(23(15)21)16-4-3-11-25-14-16/h3-5,7,11,14-15,18,20-23,26H,6,8-10,12-13H2,1-2H3/t15-,18+,20+,21+,22+,23?,24+/m1/s1.